The van der Waals surface area contributed by atoms with E-state index >= 15 is 0 Å². The van der Waals surface area contributed by atoms with Gasteiger partial charge < -0.3 is 4.90 Å². The van der Waals surface area contributed by atoms with Crippen LogP contribution in [0.5, 0.6) is 0 Å². The van der Waals surface area contributed by atoms with Crippen LogP contribution in [-0.4, -0.2) is 49.1 Å². The maximum atomic E-state index is 2.80. The molecule has 0 saturated carbocycles. The Bertz CT molecular complexity index is 180. The Morgan fingerprint density at radius 3 is 2.56 bits per heavy atom. The van der Waals surface area contributed by atoms with Crippen molar-refractivity contribution in [2.45, 2.75) is 64.5 Å². The smallest absolute Gasteiger partial charge is 0.0225 e. The molecule has 0 N–H and O–H groups in total. The zero-order valence-electron chi connectivity index (χ0n) is 11.7. The highest BCUT2D eigenvalue weighted by Gasteiger charge is 2.27. The van der Waals surface area contributed by atoms with Gasteiger partial charge in [-0.1, -0.05) is 26.7 Å². The van der Waals surface area contributed by atoms with E-state index in [0.717, 1.165) is 12.1 Å². The topological polar surface area (TPSA) is 6.48 Å². The largest absolute Gasteiger partial charge is 0.308 e. The molecule has 0 aromatic heterocycles. The first-order valence-electron chi connectivity index (χ1n) is 7.09. The Kier molecular flexibility index (Phi) is 6.37. The molecular formula is C14H30N2. The number of hydrogen-bond acceptors (Lipinski definition) is 2. The van der Waals surface area contributed by atoms with Crippen molar-refractivity contribution in [3.8, 4) is 0 Å². The van der Waals surface area contributed by atoms with Crippen LogP contribution in [0.1, 0.15) is 52.4 Å². The van der Waals surface area contributed by atoms with Crippen molar-refractivity contribution in [2.24, 2.45) is 0 Å². The second-order valence-electron chi connectivity index (χ2n) is 5.50. The summed E-state index contributed by atoms with van der Waals surface area (Å²) in [5.74, 6) is 0. The fourth-order valence-electron chi connectivity index (χ4n) is 3.06. The lowest BCUT2D eigenvalue weighted by Gasteiger charge is -2.42. The van der Waals surface area contributed by atoms with Gasteiger partial charge in [0.15, 0.2) is 0 Å². The molecular weight excluding hydrogens is 196 g/mol. The van der Waals surface area contributed by atoms with Gasteiger partial charge in [0.05, 0.1) is 0 Å². The van der Waals surface area contributed by atoms with E-state index in [9.17, 15) is 0 Å². The fraction of sp³-hybridized carbons (Fsp3) is 1.00. The molecule has 0 aliphatic carbocycles. The van der Waals surface area contributed by atoms with Crippen LogP contribution in [0.15, 0.2) is 0 Å². The predicted octanol–water partition coefficient (Wildman–Crippen LogP) is 2.98. The highest BCUT2D eigenvalue weighted by Crippen LogP contribution is 2.23. The summed E-state index contributed by atoms with van der Waals surface area (Å²) in [6, 6.07) is 1.63. The fourth-order valence-corrected chi connectivity index (χ4v) is 3.06. The van der Waals surface area contributed by atoms with Crippen LogP contribution in [0.3, 0.4) is 0 Å². The molecule has 0 bridgehead atoms. The number of likely N-dealkylation sites (N-methyl/N-ethyl adjacent to an activating group) is 1. The molecule has 1 saturated heterocycles. The number of likely N-dealkylation sites (tertiary alicyclic amines) is 1. The van der Waals surface area contributed by atoms with E-state index in [-0.39, 0.29) is 0 Å². The van der Waals surface area contributed by atoms with Crippen molar-refractivity contribution in [3.63, 3.8) is 0 Å². The van der Waals surface area contributed by atoms with Crippen LogP contribution in [0.25, 0.3) is 0 Å². The summed E-state index contributed by atoms with van der Waals surface area (Å²) in [6.07, 6.45) is 8.25. The van der Waals surface area contributed by atoms with E-state index in [4.69, 9.17) is 0 Å². The quantitative estimate of drug-likeness (QED) is 0.687. The van der Waals surface area contributed by atoms with E-state index in [2.05, 4.69) is 37.7 Å². The molecule has 96 valence electrons. The molecule has 1 aliphatic heterocycles. The van der Waals surface area contributed by atoms with Crippen LogP contribution in [0.2, 0.25) is 0 Å². The molecule has 2 unspecified atom stereocenters. The summed E-state index contributed by atoms with van der Waals surface area (Å²) in [4.78, 5) is 5.15. The van der Waals surface area contributed by atoms with Gasteiger partial charge in [0.1, 0.15) is 0 Å². The Labute approximate surface area is 102 Å². The van der Waals surface area contributed by atoms with Crippen LogP contribution in [-0.2, 0) is 0 Å². The van der Waals surface area contributed by atoms with Gasteiger partial charge in [0.25, 0.3) is 0 Å². The third-order valence-corrected chi connectivity index (χ3v) is 3.81. The van der Waals surface area contributed by atoms with Crippen LogP contribution in [0, 0.1) is 0 Å². The summed E-state index contributed by atoms with van der Waals surface area (Å²) in [5.41, 5.74) is 0. The van der Waals surface area contributed by atoms with Crippen molar-refractivity contribution < 1.29 is 0 Å². The Morgan fingerprint density at radius 1 is 1.25 bits per heavy atom. The zero-order chi connectivity index (χ0) is 12.0. The Morgan fingerprint density at radius 2 is 2.00 bits per heavy atom. The first-order chi connectivity index (χ1) is 7.69. The molecule has 1 rings (SSSR count). The van der Waals surface area contributed by atoms with Gasteiger partial charge in [-0.2, -0.15) is 0 Å². The maximum absolute atomic E-state index is 2.80. The summed E-state index contributed by atoms with van der Waals surface area (Å²) in [7, 11) is 4.40. The lowest BCUT2D eigenvalue weighted by molar-refractivity contribution is 0.0694. The second kappa shape index (κ2) is 7.29. The van der Waals surface area contributed by atoms with Crippen molar-refractivity contribution >= 4 is 0 Å². The Balaban J connectivity index is 2.56. The molecule has 0 spiro atoms. The van der Waals surface area contributed by atoms with Crippen molar-refractivity contribution in [1.82, 2.24) is 9.80 Å². The first-order valence-corrected chi connectivity index (χ1v) is 7.09. The van der Waals surface area contributed by atoms with Crippen molar-refractivity contribution in [1.29, 1.82) is 0 Å². The molecule has 1 fully saturated rings. The maximum Gasteiger partial charge on any atom is 0.0225 e. The van der Waals surface area contributed by atoms with Crippen LogP contribution >= 0.6 is 0 Å². The molecule has 0 radical (unpaired) electrons. The van der Waals surface area contributed by atoms with E-state index in [1.807, 2.05) is 0 Å². The molecule has 1 aliphatic rings. The van der Waals surface area contributed by atoms with Gasteiger partial charge in [-0.05, 0) is 46.3 Å². The molecule has 2 atom stereocenters. The highest BCUT2D eigenvalue weighted by atomic mass is 15.2. The first kappa shape index (κ1) is 14.0. The average molecular weight is 226 g/mol. The van der Waals surface area contributed by atoms with Crippen LogP contribution in [0.4, 0.5) is 0 Å². The summed E-state index contributed by atoms with van der Waals surface area (Å²) in [5, 5.41) is 0. The molecule has 1 heterocycles. The second-order valence-corrected chi connectivity index (χ2v) is 5.50. The summed E-state index contributed by atoms with van der Waals surface area (Å²) in [6.45, 7) is 7.23. The van der Waals surface area contributed by atoms with Gasteiger partial charge >= 0.3 is 0 Å². The van der Waals surface area contributed by atoms with E-state index in [0.29, 0.717) is 0 Å². The predicted molar refractivity (Wildman–Crippen MR) is 71.9 cm³/mol. The normalized spacial score (nSPS) is 24.9. The minimum absolute atomic E-state index is 0.806. The standard InChI is InChI=1S/C14H30N2/c1-5-9-13(6-2)16-11-8-7-10-14(16)12-15(3)4/h13-14H,5-12H2,1-4H3. The molecule has 16 heavy (non-hydrogen) atoms. The minimum atomic E-state index is 0.806. The van der Waals surface area contributed by atoms with E-state index in [1.54, 1.807) is 0 Å². The molecule has 2 heteroatoms. The lowest BCUT2D eigenvalue weighted by atomic mass is 9.96. The number of hydrogen-bond donors (Lipinski definition) is 0. The van der Waals surface area contributed by atoms with Gasteiger partial charge in [0.2, 0.25) is 0 Å². The monoisotopic (exact) mass is 226 g/mol. The number of piperidine rings is 1. The molecule has 2 nitrogen and oxygen atoms in total. The van der Waals surface area contributed by atoms with Crippen molar-refractivity contribution in [2.75, 3.05) is 27.2 Å². The number of rotatable bonds is 6. The molecule has 0 amide bonds. The lowest BCUT2D eigenvalue weighted by Crippen LogP contribution is -2.50. The SMILES string of the molecule is CCCC(CC)N1CCCCC1CN(C)C. The summed E-state index contributed by atoms with van der Waals surface area (Å²) >= 11 is 0. The summed E-state index contributed by atoms with van der Waals surface area (Å²) < 4.78 is 0. The third kappa shape index (κ3) is 4.06. The molecule has 0 aromatic carbocycles. The van der Waals surface area contributed by atoms with E-state index in [1.165, 1.54) is 51.6 Å². The van der Waals surface area contributed by atoms with Gasteiger partial charge in [0, 0.05) is 18.6 Å². The third-order valence-electron chi connectivity index (χ3n) is 3.81. The van der Waals surface area contributed by atoms with Crippen molar-refractivity contribution in [3.05, 3.63) is 0 Å². The van der Waals surface area contributed by atoms with Gasteiger partial charge in [-0.3, -0.25) is 4.90 Å². The highest BCUT2D eigenvalue weighted by molar-refractivity contribution is 4.83. The minimum Gasteiger partial charge on any atom is -0.308 e. The molecule has 0 aromatic rings. The van der Waals surface area contributed by atoms with Crippen LogP contribution < -0.4 is 0 Å². The van der Waals surface area contributed by atoms with E-state index < -0.39 is 0 Å². The van der Waals surface area contributed by atoms with Gasteiger partial charge in [-0.25, -0.2) is 0 Å². The zero-order valence-corrected chi connectivity index (χ0v) is 11.7. The Hall–Kier alpha value is -0.0800. The van der Waals surface area contributed by atoms with Gasteiger partial charge in [-0.15, -0.1) is 0 Å². The average Bonchev–Trinajstić information content (AvgIpc) is 2.26. The number of nitrogens with zero attached hydrogens (tertiary/aromatic N) is 2.